The Labute approximate surface area is 152 Å². The van der Waals surface area contributed by atoms with E-state index in [1.165, 1.54) is 23.9 Å². The van der Waals surface area contributed by atoms with Crippen molar-refractivity contribution < 1.29 is 9.72 Å². The molecule has 2 aromatic rings. The molecule has 25 heavy (non-hydrogen) atoms. The van der Waals surface area contributed by atoms with Crippen molar-refractivity contribution in [1.29, 1.82) is 0 Å². The first-order valence-corrected chi connectivity index (χ1v) is 8.42. The zero-order valence-corrected chi connectivity index (χ0v) is 14.6. The van der Waals surface area contributed by atoms with Crippen molar-refractivity contribution in [3.05, 3.63) is 73.6 Å². The van der Waals surface area contributed by atoms with E-state index in [2.05, 4.69) is 10.3 Å². The Morgan fingerprint density at radius 2 is 2.04 bits per heavy atom. The molecular formula is C17H12ClN3O3S. The number of non-ortho nitro benzene ring substituents is 1. The highest BCUT2D eigenvalue weighted by Gasteiger charge is 2.24. The van der Waals surface area contributed by atoms with Crippen molar-refractivity contribution in [3.8, 4) is 0 Å². The topological polar surface area (TPSA) is 84.6 Å². The van der Waals surface area contributed by atoms with E-state index in [-0.39, 0.29) is 11.6 Å². The number of amides is 1. The number of benzene rings is 2. The van der Waals surface area contributed by atoms with Crippen LogP contribution in [-0.2, 0) is 4.79 Å². The van der Waals surface area contributed by atoms with Gasteiger partial charge in [0.05, 0.1) is 15.5 Å². The minimum absolute atomic E-state index is 0.0267. The Morgan fingerprint density at radius 1 is 1.28 bits per heavy atom. The summed E-state index contributed by atoms with van der Waals surface area (Å²) in [4.78, 5) is 27.3. The van der Waals surface area contributed by atoms with E-state index in [1.807, 2.05) is 13.0 Å². The molecule has 6 nitrogen and oxygen atoms in total. The number of hydrogen-bond donors (Lipinski definition) is 1. The zero-order valence-electron chi connectivity index (χ0n) is 13.0. The van der Waals surface area contributed by atoms with E-state index in [9.17, 15) is 14.9 Å². The van der Waals surface area contributed by atoms with Crippen LogP contribution in [0.4, 0.5) is 11.4 Å². The number of thioether (sulfide) groups is 1. The van der Waals surface area contributed by atoms with Crippen LogP contribution in [0.15, 0.2) is 52.4 Å². The van der Waals surface area contributed by atoms with Gasteiger partial charge in [-0.3, -0.25) is 14.9 Å². The maximum atomic E-state index is 12.1. The molecular weight excluding hydrogens is 362 g/mol. The molecule has 1 amide bonds. The van der Waals surface area contributed by atoms with Gasteiger partial charge in [-0.05, 0) is 48.0 Å². The lowest BCUT2D eigenvalue weighted by Crippen LogP contribution is -2.19. The molecule has 0 saturated carbocycles. The molecule has 0 atom stereocenters. The summed E-state index contributed by atoms with van der Waals surface area (Å²) in [6, 6.07) is 11.5. The lowest BCUT2D eigenvalue weighted by atomic mass is 10.2. The summed E-state index contributed by atoms with van der Waals surface area (Å²) in [5, 5.41) is 14.6. The molecule has 0 unspecified atom stereocenters. The molecule has 126 valence electrons. The first kappa shape index (κ1) is 17.2. The number of rotatable bonds is 3. The largest absolute Gasteiger partial charge is 0.300 e. The number of aliphatic imine (C=N–C) groups is 1. The average Bonchev–Trinajstić information content (AvgIpc) is 2.91. The quantitative estimate of drug-likeness (QED) is 0.489. The van der Waals surface area contributed by atoms with E-state index in [0.717, 1.165) is 5.56 Å². The van der Waals surface area contributed by atoms with E-state index >= 15 is 0 Å². The summed E-state index contributed by atoms with van der Waals surface area (Å²) in [5.41, 5.74) is 2.04. The van der Waals surface area contributed by atoms with Gasteiger partial charge in [-0.1, -0.05) is 29.8 Å². The Balaban J connectivity index is 1.87. The van der Waals surface area contributed by atoms with Gasteiger partial charge in [-0.15, -0.1) is 0 Å². The van der Waals surface area contributed by atoms with Crippen molar-refractivity contribution in [1.82, 2.24) is 5.32 Å². The summed E-state index contributed by atoms with van der Waals surface area (Å²) < 4.78 is 0. The molecule has 0 aromatic heterocycles. The van der Waals surface area contributed by atoms with E-state index < -0.39 is 4.92 Å². The summed E-state index contributed by atoms with van der Waals surface area (Å²) in [5.74, 6) is -0.296. The van der Waals surface area contributed by atoms with Crippen molar-refractivity contribution in [3.63, 3.8) is 0 Å². The third-order valence-corrected chi connectivity index (χ3v) is 4.81. The van der Waals surface area contributed by atoms with E-state index in [4.69, 9.17) is 11.6 Å². The van der Waals surface area contributed by atoms with Crippen LogP contribution in [0.5, 0.6) is 0 Å². The first-order valence-electron chi connectivity index (χ1n) is 7.23. The maximum absolute atomic E-state index is 12.1. The molecule has 8 heteroatoms. The van der Waals surface area contributed by atoms with Crippen LogP contribution in [0.25, 0.3) is 6.08 Å². The van der Waals surface area contributed by atoms with Gasteiger partial charge in [0.2, 0.25) is 0 Å². The summed E-state index contributed by atoms with van der Waals surface area (Å²) in [7, 11) is 0. The standard InChI is InChI=1S/C17H12ClN3O3S/c1-10-13(18)6-3-7-14(10)19-17-20-16(22)15(25-17)9-11-4-2-5-12(8-11)21(23)24/h2-9H,1H3,(H,19,20,22)/b15-9+. The second kappa shape index (κ2) is 7.08. The number of nitro groups is 1. The van der Waals surface area contributed by atoms with Crippen LogP contribution in [0.3, 0.4) is 0 Å². The van der Waals surface area contributed by atoms with Crippen molar-refractivity contribution in [2.45, 2.75) is 6.92 Å². The molecule has 0 radical (unpaired) electrons. The Morgan fingerprint density at radius 3 is 2.80 bits per heavy atom. The molecule has 1 N–H and O–H groups in total. The van der Waals surface area contributed by atoms with Gasteiger partial charge in [0, 0.05) is 17.2 Å². The molecule has 1 aliphatic rings. The summed E-state index contributed by atoms with van der Waals surface area (Å²) >= 11 is 7.25. The highest BCUT2D eigenvalue weighted by molar-refractivity contribution is 8.18. The van der Waals surface area contributed by atoms with Crippen LogP contribution in [0.1, 0.15) is 11.1 Å². The zero-order chi connectivity index (χ0) is 18.0. The number of hydrogen-bond acceptors (Lipinski definition) is 5. The number of halogens is 1. The van der Waals surface area contributed by atoms with Crippen LogP contribution in [-0.4, -0.2) is 16.0 Å². The molecule has 0 aliphatic carbocycles. The average molecular weight is 374 g/mol. The minimum atomic E-state index is -0.474. The Bertz CT molecular complexity index is 940. The summed E-state index contributed by atoms with van der Waals surface area (Å²) in [6.45, 7) is 1.85. The van der Waals surface area contributed by atoms with Gasteiger partial charge in [0.15, 0.2) is 5.17 Å². The lowest BCUT2D eigenvalue weighted by Gasteiger charge is -2.02. The molecule has 1 fully saturated rings. The fraction of sp³-hybridized carbons (Fsp3) is 0.0588. The second-order valence-corrected chi connectivity index (χ2v) is 6.66. The summed E-state index contributed by atoms with van der Waals surface area (Å²) in [6.07, 6.45) is 1.60. The fourth-order valence-electron chi connectivity index (χ4n) is 2.19. The monoisotopic (exact) mass is 373 g/mol. The van der Waals surface area contributed by atoms with Gasteiger partial charge < -0.3 is 5.32 Å². The van der Waals surface area contributed by atoms with Gasteiger partial charge in [-0.2, -0.15) is 0 Å². The molecule has 3 rings (SSSR count). The molecule has 1 aliphatic heterocycles. The van der Waals surface area contributed by atoms with E-state index in [0.29, 0.717) is 26.3 Å². The van der Waals surface area contributed by atoms with Gasteiger partial charge in [-0.25, -0.2) is 4.99 Å². The number of amidine groups is 1. The van der Waals surface area contributed by atoms with Gasteiger partial charge in [0.1, 0.15) is 0 Å². The SMILES string of the molecule is Cc1c(Cl)cccc1N=C1NC(=O)/C(=C\c2cccc([N+](=O)[O-])c2)S1. The van der Waals surface area contributed by atoms with Crippen LogP contribution in [0, 0.1) is 17.0 Å². The highest BCUT2D eigenvalue weighted by Crippen LogP contribution is 2.31. The smallest absolute Gasteiger partial charge is 0.270 e. The predicted molar refractivity (Wildman–Crippen MR) is 100 cm³/mol. The third-order valence-electron chi connectivity index (χ3n) is 3.49. The van der Waals surface area contributed by atoms with Gasteiger partial charge in [0.25, 0.3) is 11.6 Å². The molecule has 1 heterocycles. The number of nitro benzene ring substituents is 1. The van der Waals surface area contributed by atoms with Crippen molar-refractivity contribution in [2.24, 2.45) is 4.99 Å². The number of nitrogens with zero attached hydrogens (tertiary/aromatic N) is 2. The maximum Gasteiger partial charge on any atom is 0.270 e. The molecule has 0 spiro atoms. The number of carbonyl (C=O) groups excluding carboxylic acids is 1. The molecule has 0 bridgehead atoms. The van der Waals surface area contributed by atoms with Crippen LogP contribution < -0.4 is 5.32 Å². The highest BCUT2D eigenvalue weighted by atomic mass is 35.5. The van der Waals surface area contributed by atoms with E-state index in [1.54, 1.807) is 30.3 Å². The third kappa shape index (κ3) is 3.89. The molecule has 1 saturated heterocycles. The Hall–Kier alpha value is -2.64. The van der Waals surface area contributed by atoms with Crippen LogP contribution in [0.2, 0.25) is 5.02 Å². The van der Waals surface area contributed by atoms with Gasteiger partial charge >= 0.3 is 0 Å². The lowest BCUT2D eigenvalue weighted by molar-refractivity contribution is -0.384. The predicted octanol–water partition coefficient (Wildman–Crippen LogP) is 4.45. The fourth-order valence-corrected chi connectivity index (χ4v) is 3.19. The normalized spacial score (nSPS) is 17.1. The second-order valence-electron chi connectivity index (χ2n) is 5.22. The minimum Gasteiger partial charge on any atom is -0.300 e. The molecule has 2 aromatic carbocycles. The first-order chi connectivity index (χ1) is 11.9. The van der Waals surface area contributed by atoms with Crippen molar-refractivity contribution in [2.75, 3.05) is 0 Å². The Kier molecular flexibility index (Phi) is 4.87. The number of nitrogens with one attached hydrogen (secondary N) is 1. The number of carbonyl (C=O) groups is 1. The van der Waals surface area contributed by atoms with Crippen molar-refractivity contribution >= 4 is 51.9 Å². The van der Waals surface area contributed by atoms with Crippen LogP contribution >= 0.6 is 23.4 Å².